The van der Waals surface area contributed by atoms with Crippen molar-refractivity contribution >= 4 is 31.9 Å². The van der Waals surface area contributed by atoms with E-state index in [1.807, 2.05) is 6.92 Å². The van der Waals surface area contributed by atoms with Crippen molar-refractivity contribution in [1.29, 1.82) is 0 Å². The summed E-state index contributed by atoms with van der Waals surface area (Å²) in [7, 11) is 0. The Morgan fingerprint density at radius 3 is 2.24 bits per heavy atom. The first-order valence-electron chi connectivity index (χ1n) is 7.66. The number of ether oxygens (including phenoxy) is 1. The standard InChI is InChI=1S/C16H26Br2N2O/c1-4-20(5-2)9-7-8-19-12-13-10-14(17)16(21-6-3)15(18)11-13/h10-11,19H,4-9,12H2,1-3H3. The van der Waals surface area contributed by atoms with Gasteiger partial charge in [-0.3, -0.25) is 0 Å². The van der Waals surface area contributed by atoms with Crippen LogP contribution in [0.3, 0.4) is 0 Å². The summed E-state index contributed by atoms with van der Waals surface area (Å²) in [5.74, 6) is 0.878. The molecule has 3 nitrogen and oxygen atoms in total. The number of nitrogens with zero attached hydrogens (tertiary/aromatic N) is 1. The van der Waals surface area contributed by atoms with Crippen LogP contribution in [0.15, 0.2) is 21.1 Å². The molecule has 0 aromatic heterocycles. The number of rotatable bonds is 10. The van der Waals surface area contributed by atoms with Gasteiger partial charge in [0.15, 0.2) is 0 Å². The SMILES string of the molecule is CCOc1c(Br)cc(CNCCCN(CC)CC)cc1Br. The van der Waals surface area contributed by atoms with E-state index in [9.17, 15) is 0 Å². The zero-order chi connectivity index (χ0) is 15.7. The van der Waals surface area contributed by atoms with E-state index >= 15 is 0 Å². The van der Waals surface area contributed by atoms with Gasteiger partial charge in [0, 0.05) is 6.54 Å². The van der Waals surface area contributed by atoms with E-state index in [4.69, 9.17) is 4.74 Å². The second-order valence-electron chi connectivity index (χ2n) is 4.88. The van der Waals surface area contributed by atoms with Crippen molar-refractivity contribution in [1.82, 2.24) is 10.2 Å². The van der Waals surface area contributed by atoms with E-state index in [2.05, 4.69) is 68.1 Å². The fraction of sp³-hybridized carbons (Fsp3) is 0.625. The quantitative estimate of drug-likeness (QED) is 0.565. The Labute approximate surface area is 145 Å². The molecular weight excluding hydrogens is 396 g/mol. The van der Waals surface area contributed by atoms with Gasteiger partial charge in [0.05, 0.1) is 15.6 Å². The van der Waals surface area contributed by atoms with E-state index in [-0.39, 0.29) is 0 Å². The van der Waals surface area contributed by atoms with Crippen molar-refractivity contribution in [3.63, 3.8) is 0 Å². The van der Waals surface area contributed by atoms with Gasteiger partial charge in [0.25, 0.3) is 0 Å². The summed E-state index contributed by atoms with van der Waals surface area (Å²) in [4.78, 5) is 2.45. The molecule has 0 amide bonds. The molecular formula is C16H26Br2N2O. The lowest BCUT2D eigenvalue weighted by Crippen LogP contribution is -2.27. The van der Waals surface area contributed by atoms with Gasteiger partial charge >= 0.3 is 0 Å². The fourth-order valence-corrected chi connectivity index (χ4v) is 3.71. The second kappa shape index (κ2) is 10.6. The first-order valence-corrected chi connectivity index (χ1v) is 9.24. The highest BCUT2D eigenvalue weighted by Gasteiger charge is 2.08. The maximum Gasteiger partial charge on any atom is 0.147 e. The average molecular weight is 422 g/mol. The van der Waals surface area contributed by atoms with Crippen LogP contribution < -0.4 is 10.1 Å². The lowest BCUT2D eigenvalue weighted by Gasteiger charge is -2.17. The smallest absolute Gasteiger partial charge is 0.147 e. The first kappa shape index (κ1) is 18.9. The van der Waals surface area contributed by atoms with E-state index < -0.39 is 0 Å². The second-order valence-corrected chi connectivity index (χ2v) is 6.59. The summed E-state index contributed by atoms with van der Waals surface area (Å²) in [6, 6.07) is 4.24. The minimum atomic E-state index is 0.667. The number of hydrogen-bond donors (Lipinski definition) is 1. The fourth-order valence-electron chi connectivity index (χ4n) is 2.20. The molecule has 0 saturated carbocycles. The summed E-state index contributed by atoms with van der Waals surface area (Å²) in [5, 5.41) is 3.50. The molecule has 0 heterocycles. The van der Waals surface area contributed by atoms with Gasteiger partial charge in [-0.1, -0.05) is 13.8 Å². The molecule has 0 radical (unpaired) electrons. The summed E-state index contributed by atoms with van der Waals surface area (Å²) in [5.41, 5.74) is 1.25. The van der Waals surface area contributed by atoms with Crippen LogP contribution in [0, 0.1) is 0 Å². The summed E-state index contributed by atoms with van der Waals surface area (Å²) < 4.78 is 7.59. The van der Waals surface area contributed by atoms with Crippen LogP contribution in [0.4, 0.5) is 0 Å². The molecule has 5 heteroatoms. The largest absolute Gasteiger partial charge is 0.492 e. The maximum atomic E-state index is 5.60. The molecule has 1 aromatic rings. The van der Waals surface area contributed by atoms with Crippen LogP contribution in [-0.2, 0) is 6.54 Å². The van der Waals surface area contributed by atoms with Crippen LogP contribution in [0.1, 0.15) is 32.8 Å². The molecule has 1 rings (SSSR count). The van der Waals surface area contributed by atoms with Crippen LogP contribution >= 0.6 is 31.9 Å². The number of hydrogen-bond acceptors (Lipinski definition) is 3. The molecule has 21 heavy (non-hydrogen) atoms. The predicted octanol–water partition coefficient (Wildman–Crippen LogP) is 4.43. The Bertz CT molecular complexity index is 400. The van der Waals surface area contributed by atoms with Crippen molar-refractivity contribution < 1.29 is 4.74 Å². The van der Waals surface area contributed by atoms with Gasteiger partial charge in [-0.15, -0.1) is 0 Å². The lowest BCUT2D eigenvalue weighted by molar-refractivity contribution is 0.298. The lowest BCUT2D eigenvalue weighted by atomic mass is 10.2. The minimum Gasteiger partial charge on any atom is -0.492 e. The molecule has 0 saturated heterocycles. The van der Waals surface area contributed by atoms with Crippen molar-refractivity contribution in [2.45, 2.75) is 33.7 Å². The molecule has 0 aliphatic rings. The molecule has 0 aliphatic carbocycles. The van der Waals surface area contributed by atoms with Crippen molar-refractivity contribution in [3.8, 4) is 5.75 Å². The summed E-state index contributed by atoms with van der Waals surface area (Å²) >= 11 is 7.14. The van der Waals surface area contributed by atoms with Gasteiger partial charge < -0.3 is 15.0 Å². The van der Waals surface area contributed by atoms with E-state index in [0.29, 0.717) is 6.61 Å². The Morgan fingerprint density at radius 2 is 1.71 bits per heavy atom. The Morgan fingerprint density at radius 1 is 1.10 bits per heavy atom. The highest BCUT2D eigenvalue weighted by molar-refractivity contribution is 9.11. The molecule has 1 N–H and O–H groups in total. The van der Waals surface area contributed by atoms with E-state index in [1.54, 1.807) is 0 Å². The summed E-state index contributed by atoms with van der Waals surface area (Å²) in [6.45, 7) is 12.4. The van der Waals surface area contributed by atoms with Crippen molar-refractivity contribution in [3.05, 3.63) is 26.6 Å². The molecule has 0 aliphatic heterocycles. The van der Waals surface area contributed by atoms with Gasteiger partial charge in [-0.25, -0.2) is 0 Å². The van der Waals surface area contributed by atoms with Gasteiger partial charge in [-0.05, 0) is 89.1 Å². The normalized spacial score (nSPS) is 11.1. The van der Waals surface area contributed by atoms with Crippen LogP contribution in [0.25, 0.3) is 0 Å². The third-order valence-electron chi connectivity index (χ3n) is 3.40. The van der Waals surface area contributed by atoms with Gasteiger partial charge in [0.1, 0.15) is 5.75 Å². The number of benzene rings is 1. The minimum absolute atomic E-state index is 0.667. The topological polar surface area (TPSA) is 24.5 Å². The average Bonchev–Trinajstić information content (AvgIpc) is 2.47. The van der Waals surface area contributed by atoms with Crippen LogP contribution in [-0.4, -0.2) is 37.7 Å². The van der Waals surface area contributed by atoms with E-state index in [0.717, 1.165) is 47.4 Å². The van der Waals surface area contributed by atoms with Crippen LogP contribution in [0.2, 0.25) is 0 Å². The predicted molar refractivity (Wildman–Crippen MR) is 97.1 cm³/mol. The Hall–Kier alpha value is -0.100. The number of halogens is 2. The van der Waals surface area contributed by atoms with Crippen LogP contribution in [0.5, 0.6) is 5.75 Å². The Balaban J connectivity index is 2.39. The molecule has 1 aromatic carbocycles. The maximum absolute atomic E-state index is 5.60. The molecule has 120 valence electrons. The Kier molecular flexibility index (Phi) is 9.56. The van der Waals surface area contributed by atoms with E-state index in [1.165, 1.54) is 12.0 Å². The highest BCUT2D eigenvalue weighted by atomic mass is 79.9. The molecule has 0 spiro atoms. The molecule has 0 fully saturated rings. The third-order valence-corrected chi connectivity index (χ3v) is 4.58. The molecule has 0 bridgehead atoms. The highest BCUT2D eigenvalue weighted by Crippen LogP contribution is 2.34. The molecule has 0 atom stereocenters. The molecule has 0 unspecified atom stereocenters. The zero-order valence-corrected chi connectivity index (χ0v) is 16.4. The third kappa shape index (κ3) is 6.68. The number of nitrogens with one attached hydrogen (secondary N) is 1. The zero-order valence-electron chi connectivity index (χ0n) is 13.2. The monoisotopic (exact) mass is 420 g/mol. The first-order chi connectivity index (χ1) is 10.1. The van der Waals surface area contributed by atoms with Gasteiger partial charge in [-0.2, -0.15) is 0 Å². The van der Waals surface area contributed by atoms with Crippen molar-refractivity contribution in [2.75, 3.05) is 32.8 Å². The van der Waals surface area contributed by atoms with Gasteiger partial charge in [0.2, 0.25) is 0 Å². The van der Waals surface area contributed by atoms with Crippen molar-refractivity contribution in [2.24, 2.45) is 0 Å². The summed E-state index contributed by atoms with van der Waals surface area (Å²) in [6.07, 6.45) is 1.18.